The molecular formula is C14H20N4O2. The molecule has 20 heavy (non-hydrogen) atoms. The molecule has 0 bridgehead atoms. The van der Waals surface area contributed by atoms with Crippen molar-refractivity contribution in [2.45, 2.75) is 37.4 Å². The fourth-order valence-corrected chi connectivity index (χ4v) is 2.90. The first kappa shape index (κ1) is 12.3. The van der Waals surface area contributed by atoms with Crippen molar-refractivity contribution in [2.24, 2.45) is 0 Å². The molecular weight excluding hydrogens is 256 g/mol. The van der Waals surface area contributed by atoms with Crippen molar-refractivity contribution in [2.75, 3.05) is 26.3 Å². The van der Waals surface area contributed by atoms with Crippen LogP contribution >= 0.6 is 0 Å². The van der Waals surface area contributed by atoms with Gasteiger partial charge in [0.1, 0.15) is 0 Å². The number of aromatic nitrogens is 2. The normalized spacial score (nSPS) is 24.1. The average molecular weight is 276 g/mol. The quantitative estimate of drug-likeness (QED) is 0.866. The van der Waals surface area contributed by atoms with Gasteiger partial charge in [-0.1, -0.05) is 0 Å². The zero-order valence-electron chi connectivity index (χ0n) is 11.5. The molecule has 1 N–H and O–H groups in total. The van der Waals surface area contributed by atoms with Crippen molar-refractivity contribution in [3.8, 4) is 0 Å². The molecule has 0 spiro atoms. The zero-order valence-corrected chi connectivity index (χ0v) is 11.5. The maximum atomic E-state index is 12.3. The first-order valence-corrected chi connectivity index (χ1v) is 7.47. The van der Waals surface area contributed by atoms with Gasteiger partial charge in [0.15, 0.2) is 0 Å². The van der Waals surface area contributed by atoms with E-state index in [1.807, 2.05) is 15.8 Å². The third-order valence-electron chi connectivity index (χ3n) is 4.58. The molecule has 108 valence electrons. The second-order valence-electron chi connectivity index (χ2n) is 6.10. The summed E-state index contributed by atoms with van der Waals surface area (Å²) in [6, 6.07) is 1.43. The van der Waals surface area contributed by atoms with E-state index in [-0.39, 0.29) is 5.91 Å². The summed E-state index contributed by atoms with van der Waals surface area (Å²) in [6.45, 7) is 3.20. The average Bonchev–Trinajstić information content (AvgIpc) is 2.71. The van der Waals surface area contributed by atoms with E-state index in [1.165, 1.54) is 19.3 Å². The van der Waals surface area contributed by atoms with E-state index in [9.17, 15) is 4.79 Å². The Morgan fingerprint density at radius 1 is 1.30 bits per heavy atom. The van der Waals surface area contributed by atoms with Crippen LogP contribution in [0.4, 0.5) is 0 Å². The van der Waals surface area contributed by atoms with E-state index >= 15 is 0 Å². The molecule has 6 heteroatoms. The number of rotatable bonds is 4. The molecule has 3 fully saturated rings. The monoisotopic (exact) mass is 276 g/mol. The zero-order chi connectivity index (χ0) is 13.5. The number of ether oxygens (including phenoxy) is 1. The minimum atomic E-state index is 0.110. The van der Waals surface area contributed by atoms with Gasteiger partial charge in [-0.15, -0.1) is 0 Å². The lowest BCUT2D eigenvalue weighted by atomic mass is 9.93. The van der Waals surface area contributed by atoms with Crippen molar-refractivity contribution in [1.29, 1.82) is 0 Å². The van der Waals surface area contributed by atoms with E-state index in [2.05, 4.69) is 10.4 Å². The largest absolute Gasteiger partial charge is 0.378 e. The maximum Gasteiger partial charge on any atom is 0.257 e. The summed E-state index contributed by atoms with van der Waals surface area (Å²) in [7, 11) is 0. The molecule has 3 aliphatic rings. The summed E-state index contributed by atoms with van der Waals surface area (Å²) in [5.41, 5.74) is 0.724. The highest BCUT2D eigenvalue weighted by molar-refractivity contribution is 5.94. The Balaban J connectivity index is 1.30. The summed E-state index contributed by atoms with van der Waals surface area (Å²) in [5, 5.41) is 7.82. The molecule has 2 saturated heterocycles. The molecule has 1 amide bonds. The molecule has 1 aliphatic carbocycles. The van der Waals surface area contributed by atoms with Crippen LogP contribution in [0.5, 0.6) is 0 Å². The number of carbonyl (C=O) groups excluding carboxylic acids is 1. The van der Waals surface area contributed by atoms with Crippen molar-refractivity contribution in [1.82, 2.24) is 20.0 Å². The van der Waals surface area contributed by atoms with Gasteiger partial charge < -0.3 is 15.0 Å². The molecule has 1 saturated carbocycles. The number of nitrogens with zero attached hydrogens (tertiary/aromatic N) is 3. The van der Waals surface area contributed by atoms with E-state index < -0.39 is 0 Å². The van der Waals surface area contributed by atoms with E-state index in [1.54, 1.807) is 6.20 Å². The van der Waals surface area contributed by atoms with Gasteiger partial charge >= 0.3 is 0 Å². The number of hydrogen-bond donors (Lipinski definition) is 1. The van der Waals surface area contributed by atoms with Gasteiger partial charge in [0.05, 0.1) is 37.1 Å². The highest BCUT2D eigenvalue weighted by atomic mass is 16.5. The van der Waals surface area contributed by atoms with Crippen LogP contribution in [0.25, 0.3) is 0 Å². The van der Waals surface area contributed by atoms with Gasteiger partial charge in [0.25, 0.3) is 5.91 Å². The highest BCUT2D eigenvalue weighted by Gasteiger charge is 2.34. The Hall–Kier alpha value is -1.40. The van der Waals surface area contributed by atoms with E-state index in [0.29, 0.717) is 18.1 Å². The second kappa shape index (κ2) is 4.86. The molecule has 1 aromatic heterocycles. The summed E-state index contributed by atoms with van der Waals surface area (Å²) in [4.78, 5) is 14.2. The Bertz CT molecular complexity index is 501. The molecule has 0 atom stereocenters. The van der Waals surface area contributed by atoms with Crippen LogP contribution < -0.4 is 5.32 Å². The second-order valence-corrected chi connectivity index (χ2v) is 6.10. The van der Waals surface area contributed by atoms with Gasteiger partial charge in [-0.2, -0.15) is 5.10 Å². The molecule has 0 radical (unpaired) electrons. The van der Waals surface area contributed by atoms with Crippen LogP contribution in [0, 0.1) is 0 Å². The molecule has 3 heterocycles. The van der Waals surface area contributed by atoms with Crippen LogP contribution in [0.1, 0.15) is 35.7 Å². The topological polar surface area (TPSA) is 59.4 Å². The summed E-state index contributed by atoms with van der Waals surface area (Å²) in [5.74, 6) is 0.110. The van der Waals surface area contributed by atoms with E-state index in [0.717, 1.165) is 31.9 Å². The lowest BCUT2D eigenvalue weighted by Gasteiger charge is -2.43. The lowest BCUT2D eigenvalue weighted by molar-refractivity contribution is -0.0209. The Labute approximate surface area is 118 Å². The van der Waals surface area contributed by atoms with Gasteiger partial charge in [0, 0.05) is 25.3 Å². The lowest BCUT2D eigenvalue weighted by Crippen LogP contribution is -2.64. The van der Waals surface area contributed by atoms with Crippen LogP contribution in [-0.2, 0) is 4.74 Å². The Kier molecular flexibility index (Phi) is 3.00. The number of carbonyl (C=O) groups is 1. The number of amides is 1. The van der Waals surface area contributed by atoms with Crippen molar-refractivity contribution in [3.63, 3.8) is 0 Å². The molecule has 1 aromatic rings. The van der Waals surface area contributed by atoms with E-state index in [4.69, 9.17) is 4.74 Å². The minimum absolute atomic E-state index is 0.110. The third kappa shape index (κ3) is 2.13. The molecule has 0 unspecified atom stereocenters. The first-order valence-electron chi connectivity index (χ1n) is 7.47. The van der Waals surface area contributed by atoms with Gasteiger partial charge in [-0.3, -0.25) is 9.48 Å². The molecule has 2 aliphatic heterocycles. The Morgan fingerprint density at radius 3 is 2.70 bits per heavy atom. The highest BCUT2D eigenvalue weighted by Crippen LogP contribution is 2.31. The summed E-state index contributed by atoms with van der Waals surface area (Å²) in [6.07, 6.45) is 7.27. The van der Waals surface area contributed by atoms with Crippen LogP contribution in [0.3, 0.4) is 0 Å². The predicted octanol–water partition coefficient (Wildman–Crippen LogP) is 0.421. The Morgan fingerprint density at radius 2 is 2.10 bits per heavy atom. The number of hydrogen-bond acceptors (Lipinski definition) is 4. The predicted molar refractivity (Wildman–Crippen MR) is 72.5 cm³/mol. The fourth-order valence-electron chi connectivity index (χ4n) is 2.90. The van der Waals surface area contributed by atoms with Gasteiger partial charge in [0.2, 0.25) is 0 Å². The number of nitrogens with one attached hydrogen (secondary N) is 1. The van der Waals surface area contributed by atoms with Crippen LogP contribution in [0.15, 0.2) is 12.4 Å². The third-order valence-corrected chi connectivity index (χ3v) is 4.58. The van der Waals surface area contributed by atoms with Gasteiger partial charge in [-0.25, -0.2) is 0 Å². The molecule has 6 nitrogen and oxygen atoms in total. The smallest absolute Gasteiger partial charge is 0.257 e. The van der Waals surface area contributed by atoms with Crippen molar-refractivity contribution < 1.29 is 9.53 Å². The molecule has 4 rings (SSSR count). The summed E-state index contributed by atoms with van der Waals surface area (Å²) < 4.78 is 7.09. The van der Waals surface area contributed by atoms with Gasteiger partial charge in [-0.05, 0) is 19.3 Å². The fraction of sp³-hybridized carbons (Fsp3) is 0.714. The standard InChI is InChI=1S/C14H20N4O2/c19-14(10-4-15-18(5-10)13-2-1-3-13)17-6-11(7-17)16-12-8-20-9-12/h4-5,11-13,16H,1-3,6-9H2. The first-order chi connectivity index (χ1) is 9.79. The number of likely N-dealkylation sites (tertiary alicyclic amines) is 1. The van der Waals surface area contributed by atoms with Crippen LogP contribution in [-0.4, -0.2) is 59.0 Å². The van der Waals surface area contributed by atoms with Crippen molar-refractivity contribution in [3.05, 3.63) is 18.0 Å². The maximum absolute atomic E-state index is 12.3. The summed E-state index contributed by atoms with van der Waals surface area (Å²) >= 11 is 0. The van der Waals surface area contributed by atoms with Crippen LogP contribution in [0.2, 0.25) is 0 Å². The minimum Gasteiger partial charge on any atom is -0.378 e. The SMILES string of the molecule is O=C(c1cnn(C2CCC2)c1)N1CC(NC2COC2)C1. The molecule has 0 aromatic carbocycles. The van der Waals surface area contributed by atoms with Crippen molar-refractivity contribution >= 4 is 5.91 Å².